The van der Waals surface area contributed by atoms with Crippen molar-refractivity contribution in [1.82, 2.24) is 5.16 Å². The van der Waals surface area contributed by atoms with Crippen LogP contribution in [0.2, 0.25) is 0 Å². The van der Waals surface area contributed by atoms with E-state index in [9.17, 15) is 4.79 Å². The maximum atomic E-state index is 11.9. The van der Waals surface area contributed by atoms with Crippen molar-refractivity contribution in [3.8, 4) is 0 Å². The second-order valence-electron chi connectivity index (χ2n) is 3.97. The predicted octanol–water partition coefficient (Wildman–Crippen LogP) is 2.89. The molecule has 94 valence electrons. The van der Waals surface area contributed by atoms with E-state index >= 15 is 0 Å². The zero-order valence-electron chi connectivity index (χ0n) is 9.95. The van der Waals surface area contributed by atoms with Crippen molar-refractivity contribution in [3.63, 3.8) is 0 Å². The molecule has 2 rings (SSSR count). The minimum Gasteiger partial charge on any atom is -0.397 e. The van der Waals surface area contributed by atoms with E-state index in [1.54, 1.807) is 19.1 Å². The fourth-order valence-corrected chi connectivity index (χ4v) is 2.18. The standard InChI is InChI=1S/C12H12BrN3O2/c1-6-3-8(13)5-9(14)11(6)15-12(17)10-4-7(2)16-18-10/h3-5H,14H2,1-2H3,(H,15,17). The van der Waals surface area contributed by atoms with Gasteiger partial charge in [-0.3, -0.25) is 4.79 Å². The Bertz CT molecular complexity index is 584. The van der Waals surface area contributed by atoms with Gasteiger partial charge in [0.05, 0.1) is 17.1 Å². The first kappa shape index (κ1) is 12.6. The number of carbonyl (C=O) groups is 1. The molecule has 0 saturated carbocycles. The topological polar surface area (TPSA) is 81.2 Å². The molecule has 0 radical (unpaired) electrons. The average molecular weight is 310 g/mol. The Morgan fingerprint density at radius 2 is 2.11 bits per heavy atom. The lowest BCUT2D eigenvalue weighted by Crippen LogP contribution is -2.13. The summed E-state index contributed by atoms with van der Waals surface area (Å²) in [5.74, 6) is -0.207. The van der Waals surface area contributed by atoms with Crippen LogP contribution in [0.25, 0.3) is 0 Å². The molecule has 0 spiro atoms. The maximum Gasteiger partial charge on any atom is 0.294 e. The summed E-state index contributed by atoms with van der Waals surface area (Å²) in [4.78, 5) is 11.9. The summed E-state index contributed by atoms with van der Waals surface area (Å²) in [7, 11) is 0. The van der Waals surface area contributed by atoms with E-state index in [1.807, 2.05) is 13.0 Å². The molecule has 6 heteroatoms. The number of carbonyl (C=O) groups excluding carboxylic acids is 1. The molecule has 3 N–H and O–H groups in total. The quantitative estimate of drug-likeness (QED) is 0.836. The van der Waals surface area contributed by atoms with E-state index in [-0.39, 0.29) is 11.7 Å². The summed E-state index contributed by atoms with van der Waals surface area (Å²) in [6, 6.07) is 5.17. The average Bonchev–Trinajstić information content (AvgIpc) is 2.70. The monoisotopic (exact) mass is 309 g/mol. The predicted molar refractivity (Wildman–Crippen MR) is 72.5 cm³/mol. The van der Waals surface area contributed by atoms with Crippen molar-refractivity contribution in [2.75, 3.05) is 11.1 Å². The van der Waals surface area contributed by atoms with Crippen LogP contribution in [-0.4, -0.2) is 11.1 Å². The molecule has 0 aliphatic rings. The minimum absolute atomic E-state index is 0.161. The van der Waals surface area contributed by atoms with Gasteiger partial charge in [-0.2, -0.15) is 0 Å². The van der Waals surface area contributed by atoms with Crippen LogP contribution < -0.4 is 11.1 Å². The molecule has 1 amide bonds. The van der Waals surface area contributed by atoms with Gasteiger partial charge in [-0.25, -0.2) is 0 Å². The van der Waals surface area contributed by atoms with Gasteiger partial charge in [-0.05, 0) is 31.5 Å². The van der Waals surface area contributed by atoms with Gasteiger partial charge in [0.1, 0.15) is 0 Å². The van der Waals surface area contributed by atoms with E-state index < -0.39 is 0 Å². The maximum absolute atomic E-state index is 11.9. The van der Waals surface area contributed by atoms with E-state index in [1.165, 1.54) is 0 Å². The number of nitrogens with zero attached hydrogens (tertiary/aromatic N) is 1. The summed E-state index contributed by atoms with van der Waals surface area (Å²) < 4.78 is 5.76. The number of aryl methyl sites for hydroxylation is 2. The molecule has 0 aliphatic heterocycles. The molecular weight excluding hydrogens is 298 g/mol. The zero-order chi connectivity index (χ0) is 13.3. The third kappa shape index (κ3) is 2.53. The smallest absolute Gasteiger partial charge is 0.294 e. The third-order valence-electron chi connectivity index (χ3n) is 2.42. The first-order valence-corrected chi connectivity index (χ1v) is 6.07. The van der Waals surface area contributed by atoms with Crippen LogP contribution in [0.1, 0.15) is 21.8 Å². The lowest BCUT2D eigenvalue weighted by molar-refractivity contribution is 0.0988. The molecule has 2 aromatic rings. The lowest BCUT2D eigenvalue weighted by atomic mass is 10.1. The van der Waals surface area contributed by atoms with Crippen LogP contribution in [0.15, 0.2) is 27.2 Å². The third-order valence-corrected chi connectivity index (χ3v) is 2.88. The second kappa shape index (κ2) is 4.81. The fraction of sp³-hybridized carbons (Fsp3) is 0.167. The van der Waals surface area contributed by atoms with Gasteiger partial charge in [0.2, 0.25) is 5.76 Å². The largest absolute Gasteiger partial charge is 0.397 e. The Kier molecular flexibility index (Phi) is 3.38. The summed E-state index contributed by atoms with van der Waals surface area (Å²) in [6.45, 7) is 3.61. The van der Waals surface area contributed by atoms with Crippen molar-refractivity contribution in [3.05, 3.63) is 39.7 Å². The molecule has 0 fully saturated rings. The van der Waals surface area contributed by atoms with E-state index in [0.29, 0.717) is 17.1 Å². The Hall–Kier alpha value is -1.82. The molecule has 0 saturated heterocycles. The highest BCUT2D eigenvalue weighted by Gasteiger charge is 2.14. The minimum atomic E-state index is -0.368. The number of amides is 1. The Morgan fingerprint density at radius 3 is 2.67 bits per heavy atom. The van der Waals surface area contributed by atoms with Crippen LogP contribution in [0.3, 0.4) is 0 Å². The van der Waals surface area contributed by atoms with Crippen molar-refractivity contribution in [1.29, 1.82) is 0 Å². The van der Waals surface area contributed by atoms with Gasteiger partial charge in [-0.1, -0.05) is 21.1 Å². The van der Waals surface area contributed by atoms with Crippen molar-refractivity contribution in [2.45, 2.75) is 13.8 Å². The lowest BCUT2D eigenvalue weighted by Gasteiger charge is -2.10. The number of hydrogen-bond donors (Lipinski definition) is 2. The fourth-order valence-electron chi connectivity index (χ4n) is 1.59. The molecule has 1 heterocycles. The number of nitrogens with one attached hydrogen (secondary N) is 1. The number of aromatic nitrogens is 1. The number of anilines is 2. The van der Waals surface area contributed by atoms with Crippen molar-refractivity contribution in [2.24, 2.45) is 0 Å². The number of rotatable bonds is 2. The molecule has 0 unspecified atom stereocenters. The van der Waals surface area contributed by atoms with Gasteiger partial charge in [0.15, 0.2) is 0 Å². The van der Waals surface area contributed by atoms with Crippen LogP contribution in [-0.2, 0) is 0 Å². The van der Waals surface area contributed by atoms with Crippen molar-refractivity contribution < 1.29 is 9.32 Å². The summed E-state index contributed by atoms with van der Waals surface area (Å²) >= 11 is 3.34. The van der Waals surface area contributed by atoms with Gasteiger partial charge in [-0.15, -0.1) is 0 Å². The SMILES string of the molecule is Cc1cc(C(=O)Nc2c(C)cc(Br)cc2N)on1. The van der Waals surface area contributed by atoms with E-state index in [4.69, 9.17) is 10.3 Å². The number of benzene rings is 1. The number of nitrogens with two attached hydrogens (primary N) is 1. The normalized spacial score (nSPS) is 10.4. The van der Waals surface area contributed by atoms with Crippen molar-refractivity contribution >= 4 is 33.2 Å². The van der Waals surface area contributed by atoms with Gasteiger partial charge < -0.3 is 15.6 Å². The Morgan fingerprint density at radius 1 is 1.39 bits per heavy atom. The molecule has 18 heavy (non-hydrogen) atoms. The first-order chi connectivity index (χ1) is 8.47. The Balaban J connectivity index is 2.27. The number of nitrogen functional groups attached to an aromatic ring is 1. The number of halogens is 1. The first-order valence-electron chi connectivity index (χ1n) is 5.27. The Labute approximate surface area is 112 Å². The van der Waals surface area contributed by atoms with Gasteiger partial charge >= 0.3 is 0 Å². The van der Waals surface area contributed by atoms with Gasteiger partial charge in [0.25, 0.3) is 5.91 Å². The second-order valence-corrected chi connectivity index (χ2v) is 4.89. The summed E-state index contributed by atoms with van der Waals surface area (Å²) in [5, 5.41) is 6.38. The summed E-state index contributed by atoms with van der Waals surface area (Å²) in [6.07, 6.45) is 0. The highest BCUT2D eigenvalue weighted by Crippen LogP contribution is 2.28. The molecule has 0 atom stereocenters. The van der Waals surface area contributed by atoms with Gasteiger partial charge in [0, 0.05) is 10.5 Å². The molecule has 1 aromatic carbocycles. The van der Waals surface area contributed by atoms with E-state index in [2.05, 4.69) is 26.4 Å². The molecular formula is C12H12BrN3O2. The molecule has 0 bridgehead atoms. The van der Waals surface area contributed by atoms with Crippen LogP contribution >= 0.6 is 15.9 Å². The zero-order valence-corrected chi connectivity index (χ0v) is 11.5. The highest BCUT2D eigenvalue weighted by molar-refractivity contribution is 9.10. The number of hydrogen-bond acceptors (Lipinski definition) is 4. The highest BCUT2D eigenvalue weighted by atomic mass is 79.9. The summed E-state index contributed by atoms with van der Waals surface area (Å²) in [5.41, 5.74) is 8.46. The van der Waals surface area contributed by atoms with E-state index in [0.717, 1.165) is 10.0 Å². The van der Waals surface area contributed by atoms with Crippen LogP contribution in [0.4, 0.5) is 11.4 Å². The molecule has 1 aromatic heterocycles. The molecule has 5 nitrogen and oxygen atoms in total. The molecule has 0 aliphatic carbocycles. The van der Waals surface area contributed by atoms with Crippen LogP contribution in [0.5, 0.6) is 0 Å². The van der Waals surface area contributed by atoms with Crippen LogP contribution in [0, 0.1) is 13.8 Å².